The molecule has 0 fully saturated rings. The standard InChI is InChI=1S/C12H19NO5S/c1-9-5-4-6-10(2)12(9)18-8-11(14)7-13(3)19(15,16)17/h4-6,11,14H,7-8H2,1-3H3,(H,15,16,17). The van der Waals surface area contributed by atoms with Crippen molar-refractivity contribution in [3.05, 3.63) is 29.3 Å². The molecule has 0 aromatic heterocycles. The molecule has 1 unspecified atom stereocenters. The minimum atomic E-state index is -4.28. The number of nitrogens with zero attached hydrogens (tertiary/aromatic N) is 1. The smallest absolute Gasteiger partial charge is 0.335 e. The Labute approximate surface area is 113 Å². The summed E-state index contributed by atoms with van der Waals surface area (Å²) < 4.78 is 36.5. The van der Waals surface area contributed by atoms with Crippen LogP contribution in [-0.2, 0) is 10.3 Å². The summed E-state index contributed by atoms with van der Waals surface area (Å²) in [5, 5.41) is 9.68. The molecule has 2 N–H and O–H groups in total. The Balaban J connectivity index is 2.58. The van der Waals surface area contributed by atoms with E-state index in [-0.39, 0.29) is 13.2 Å². The van der Waals surface area contributed by atoms with Gasteiger partial charge in [-0.3, -0.25) is 4.55 Å². The fraction of sp³-hybridized carbons (Fsp3) is 0.500. The molecule has 0 radical (unpaired) electrons. The number of hydrogen-bond donors (Lipinski definition) is 2. The van der Waals surface area contributed by atoms with Crippen molar-refractivity contribution in [3.8, 4) is 5.75 Å². The number of hydrogen-bond acceptors (Lipinski definition) is 4. The van der Waals surface area contributed by atoms with Crippen molar-refractivity contribution in [1.29, 1.82) is 0 Å². The number of benzene rings is 1. The Hall–Kier alpha value is -1.15. The normalized spacial score (nSPS) is 13.6. The van der Waals surface area contributed by atoms with Crippen LogP contribution in [0.1, 0.15) is 11.1 Å². The quantitative estimate of drug-likeness (QED) is 0.756. The van der Waals surface area contributed by atoms with Gasteiger partial charge in [0, 0.05) is 13.6 Å². The van der Waals surface area contributed by atoms with Gasteiger partial charge in [-0.25, -0.2) is 0 Å². The number of aliphatic hydroxyl groups excluding tert-OH is 1. The number of aryl methyl sites for hydroxylation is 2. The van der Waals surface area contributed by atoms with Gasteiger partial charge < -0.3 is 9.84 Å². The molecule has 19 heavy (non-hydrogen) atoms. The van der Waals surface area contributed by atoms with Crippen LogP contribution in [0.4, 0.5) is 0 Å². The number of ether oxygens (including phenoxy) is 1. The lowest BCUT2D eigenvalue weighted by molar-refractivity contribution is 0.0912. The van der Waals surface area contributed by atoms with Gasteiger partial charge in [0.25, 0.3) is 0 Å². The van der Waals surface area contributed by atoms with Crippen LogP contribution in [-0.4, -0.2) is 48.7 Å². The zero-order chi connectivity index (χ0) is 14.6. The van der Waals surface area contributed by atoms with E-state index in [0.717, 1.165) is 11.1 Å². The first-order valence-corrected chi connectivity index (χ1v) is 7.17. The Morgan fingerprint density at radius 2 is 1.84 bits per heavy atom. The predicted octanol–water partition coefficient (Wildman–Crippen LogP) is 0.778. The molecular weight excluding hydrogens is 270 g/mol. The first kappa shape index (κ1) is 15.9. The van der Waals surface area contributed by atoms with E-state index in [1.54, 1.807) is 0 Å². The highest BCUT2D eigenvalue weighted by Crippen LogP contribution is 2.22. The lowest BCUT2D eigenvalue weighted by Gasteiger charge is -2.19. The lowest BCUT2D eigenvalue weighted by atomic mass is 10.1. The molecule has 0 bridgehead atoms. The molecule has 7 heteroatoms. The molecule has 1 aromatic rings. The summed E-state index contributed by atoms with van der Waals surface area (Å²) in [4.78, 5) is 0. The van der Waals surface area contributed by atoms with Gasteiger partial charge >= 0.3 is 10.3 Å². The van der Waals surface area contributed by atoms with Gasteiger partial charge in [-0.1, -0.05) is 18.2 Å². The van der Waals surface area contributed by atoms with E-state index in [4.69, 9.17) is 9.29 Å². The monoisotopic (exact) mass is 289 g/mol. The molecule has 0 aliphatic heterocycles. The Kier molecular flexibility index (Phi) is 5.30. The summed E-state index contributed by atoms with van der Waals surface area (Å²) in [6, 6.07) is 5.68. The topological polar surface area (TPSA) is 87.1 Å². The maximum absolute atomic E-state index is 10.8. The van der Waals surface area contributed by atoms with E-state index in [0.29, 0.717) is 10.1 Å². The van der Waals surface area contributed by atoms with Crippen molar-refractivity contribution in [2.45, 2.75) is 20.0 Å². The SMILES string of the molecule is Cc1cccc(C)c1OCC(O)CN(C)S(=O)(=O)O. The molecule has 0 aliphatic rings. The zero-order valence-electron chi connectivity index (χ0n) is 11.2. The van der Waals surface area contributed by atoms with Crippen molar-refractivity contribution in [2.24, 2.45) is 0 Å². The second kappa shape index (κ2) is 6.33. The Bertz CT molecular complexity index is 509. The third kappa shape index (κ3) is 4.79. The van der Waals surface area contributed by atoms with Crippen LogP contribution in [0.2, 0.25) is 0 Å². The minimum absolute atomic E-state index is 0.0500. The maximum atomic E-state index is 10.8. The van der Waals surface area contributed by atoms with E-state index in [1.165, 1.54) is 7.05 Å². The van der Waals surface area contributed by atoms with Crippen LogP contribution in [0.25, 0.3) is 0 Å². The number of para-hydroxylation sites is 1. The van der Waals surface area contributed by atoms with Crippen LogP contribution >= 0.6 is 0 Å². The van der Waals surface area contributed by atoms with Gasteiger partial charge in [-0.05, 0) is 25.0 Å². The van der Waals surface area contributed by atoms with E-state index >= 15 is 0 Å². The fourth-order valence-corrected chi connectivity index (χ4v) is 2.01. The van der Waals surface area contributed by atoms with E-state index in [9.17, 15) is 13.5 Å². The minimum Gasteiger partial charge on any atom is -0.490 e. The number of rotatable bonds is 6. The third-order valence-electron chi connectivity index (χ3n) is 2.69. The van der Waals surface area contributed by atoms with E-state index in [2.05, 4.69) is 0 Å². The first-order valence-electron chi connectivity index (χ1n) is 5.77. The van der Waals surface area contributed by atoms with Crippen LogP contribution in [0.15, 0.2) is 18.2 Å². The summed E-state index contributed by atoms with van der Waals surface area (Å²) in [5.41, 5.74) is 1.88. The molecule has 0 amide bonds. The predicted molar refractivity (Wildman–Crippen MR) is 71.6 cm³/mol. The number of likely N-dealkylation sites (N-methyl/N-ethyl adjacent to an activating group) is 1. The zero-order valence-corrected chi connectivity index (χ0v) is 12.0. The van der Waals surface area contributed by atoms with Crippen LogP contribution < -0.4 is 4.74 Å². The van der Waals surface area contributed by atoms with Crippen molar-refractivity contribution >= 4 is 10.3 Å². The van der Waals surface area contributed by atoms with Gasteiger partial charge in [-0.2, -0.15) is 12.7 Å². The highest BCUT2D eigenvalue weighted by molar-refractivity contribution is 7.83. The summed E-state index contributed by atoms with van der Waals surface area (Å²) in [5.74, 6) is 0.677. The molecule has 0 saturated heterocycles. The van der Waals surface area contributed by atoms with Gasteiger partial charge in [0.15, 0.2) is 0 Å². The third-order valence-corrected chi connectivity index (χ3v) is 3.63. The highest BCUT2D eigenvalue weighted by Gasteiger charge is 2.18. The summed E-state index contributed by atoms with van der Waals surface area (Å²) in [6.07, 6.45) is -1.02. The molecule has 0 aliphatic carbocycles. The van der Waals surface area contributed by atoms with Crippen molar-refractivity contribution in [3.63, 3.8) is 0 Å². The van der Waals surface area contributed by atoms with Crippen LogP contribution in [0.3, 0.4) is 0 Å². The van der Waals surface area contributed by atoms with Crippen molar-refractivity contribution in [2.75, 3.05) is 20.2 Å². The molecule has 1 atom stereocenters. The molecule has 0 spiro atoms. The molecule has 1 aromatic carbocycles. The molecule has 108 valence electrons. The summed E-state index contributed by atoms with van der Waals surface area (Å²) >= 11 is 0. The van der Waals surface area contributed by atoms with Gasteiger partial charge in [0.2, 0.25) is 0 Å². The molecule has 1 rings (SSSR count). The highest BCUT2D eigenvalue weighted by atomic mass is 32.2. The Morgan fingerprint density at radius 1 is 1.32 bits per heavy atom. The van der Waals surface area contributed by atoms with Crippen LogP contribution in [0, 0.1) is 13.8 Å². The van der Waals surface area contributed by atoms with Crippen LogP contribution in [0.5, 0.6) is 5.75 Å². The second-order valence-corrected chi connectivity index (χ2v) is 5.96. The second-order valence-electron chi connectivity index (χ2n) is 4.44. The fourth-order valence-electron chi connectivity index (χ4n) is 1.65. The van der Waals surface area contributed by atoms with Gasteiger partial charge in [0.1, 0.15) is 18.5 Å². The first-order chi connectivity index (χ1) is 8.71. The average Bonchev–Trinajstić information content (AvgIpc) is 2.27. The van der Waals surface area contributed by atoms with E-state index in [1.807, 2.05) is 32.0 Å². The maximum Gasteiger partial charge on any atom is 0.335 e. The molecule has 0 saturated carbocycles. The lowest BCUT2D eigenvalue weighted by Crippen LogP contribution is -2.36. The number of aliphatic hydroxyl groups is 1. The van der Waals surface area contributed by atoms with Crippen molar-refractivity contribution in [1.82, 2.24) is 4.31 Å². The molecule has 0 heterocycles. The Morgan fingerprint density at radius 3 is 2.32 bits per heavy atom. The summed E-state index contributed by atoms with van der Waals surface area (Å²) in [7, 11) is -3.10. The van der Waals surface area contributed by atoms with Gasteiger partial charge in [0.05, 0.1) is 0 Å². The average molecular weight is 289 g/mol. The van der Waals surface area contributed by atoms with Crippen molar-refractivity contribution < 1.29 is 22.8 Å². The van der Waals surface area contributed by atoms with Gasteiger partial charge in [-0.15, -0.1) is 0 Å². The molecule has 6 nitrogen and oxygen atoms in total. The van der Waals surface area contributed by atoms with E-state index < -0.39 is 16.4 Å². The molecular formula is C12H19NO5S. The summed E-state index contributed by atoms with van der Waals surface area (Å²) in [6.45, 7) is 3.49. The largest absolute Gasteiger partial charge is 0.490 e.